The van der Waals surface area contributed by atoms with Gasteiger partial charge in [0.1, 0.15) is 0 Å². The number of carbonyl (C=O) groups is 1. The van der Waals surface area contributed by atoms with Crippen molar-refractivity contribution in [3.05, 3.63) is 18.0 Å². The van der Waals surface area contributed by atoms with Gasteiger partial charge in [-0.3, -0.25) is 9.48 Å². The fraction of sp³-hybridized carbons (Fsp3) is 0.636. The van der Waals surface area contributed by atoms with Crippen molar-refractivity contribution in [3.8, 4) is 0 Å². The van der Waals surface area contributed by atoms with E-state index in [0.717, 1.165) is 31.6 Å². The standard InChI is InChI=1S/C11H18N4O/c1-14-10(4-5-13-14)8-12-9-11(16)15-6-2-3-7-15/h4-5,12H,2-3,6-9H2,1H3. The van der Waals surface area contributed by atoms with Crippen LogP contribution in [-0.4, -0.2) is 40.2 Å². The van der Waals surface area contributed by atoms with Gasteiger partial charge in [-0.1, -0.05) is 0 Å². The van der Waals surface area contributed by atoms with Crippen LogP contribution in [0.1, 0.15) is 18.5 Å². The van der Waals surface area contributed by atoms with Gasteiger partial charge in [0, 0.05) is 32.9 Å². The molecule has 88 valence electrons. The van der Waals surface area contributed by atoms with E-state index in [1.807, 2.05) is 22.7 Å². The van der Waals surface area contributed by atoms with Crippen molar-refractivity contribution in [2.75, 3.05) is 19.6 Å². The fourth-order valence-electron chi connectivity index (χ4n) is 1.95. The van der Waals surface area contributed by atoms with Crippen LogP contribution in [0, 0.1) is 0 Å². The summed E-state index contributed by atoms with van der Waals surface area (Å²) in [6.45, 7) is 2.96. The second-order valence-corrected chi connectivity index (χ2v) is 4.14. The fourth-order valence-corrected chi connectivity index (χ4v) is 1.95. The molecule has 5 nitrogen and oxygen atoms in total. The van der Waals surface area contributed by atoms with E-state index < -0.39 is 0 Å². The Labute approximate surface area is 95.4 Å². The Morgan fingerprint density at radius 2 is 2.25 bits per heavy atom. The molecule has 1 aromatic heterocycles. The highest BCUT2D eigenvalue weighted by molar-refractivity contribution is 5.78. The van der Waals surface area contributed by atoms with Gasteiger partial charge in [0.2, 0.25) is 5.91 Å². The number of nitrogens with one attached hydrogen (secondary N) is 1. The van der Waals surface area contributed by atoms with Crippen LogP contribution in [0.3, 0.4) is 0 Å². The van der Waals surface area contributed by atoms with E-state index >= 15 is 0 Å². The van der Waals surface area contributed by atoms with Crippen molar-refractivity contribution in [1.29, 1.82) is 0 Å². The van der Waals surface area contributed by atoms with E-state index in [9.17, 15) is 4.79 Å². The van der Waals surface area contributed by atoms with E-state index in [4.69, 9.17) is 0 Å². The van der Waals surface area contributed by atoms with E-state index in [2.05, 4.69) is 10.4 Å². The summed E-state index contributed by atoms with van der Waals surface area (Å²) < 4.78 is 1.81. The summed E-state index contributed by atoms with van der Waals surface area (Å²) in [5.41, 5.74) is 1.09. The molecule has 1 aliphatic rings. The lowest BCUT2D eigenvalue weighted by Crippen LogP contribution is -2.36. The van der Waals surface area contributed by atoms with Crippen molar-refractivity contribution in [3.63, 3.8) is 0 Å². The second-order valence-electron chi connectivity index (χ2n) is 4.14. The van der Waals surface area contributed by atoms with Crippen molar-refractivity contribution in [1.82, 2.24) is 20.0 Å². The number of aryl methyl sites for hydroxylation is 1. The minimum atomic E-state index is 0.208. The second kappa shape index (κ2) is 5.12. The highest BCUT2D eigenvalue weighted by Gasteiger charge is 2.16. The summed E-state index contributed by atoms with van der Waals surface area (Å²) in [6.07, 6.45) is 4.06. The predicted octanol–water partition coefficient (Wildman–Crippen LogP) is 0.132. The first-order valence-corrected chi connectivity index (χ1v) is 5.73. The predicted molar refractivity (Wildman–Crippen MR) is 60.7 cm³/mol. The average molecular weight is 222 g/mol. The Bertz CT molecular complexity index is 355. The summed E-state index contributed by atoms with van der Waals surface area (Å²) in [6, 6.07) is 1.95. The zero-order valence-electron chi connectivity index (χ0n) is 9.65. The van der Waals surface area contributed by atoms with E-state index in [0.29, 0.717) is 13.1 Å². The first kappa shape index (κ1) is 11.1. The third-order valence-corrected chi connectivity index (χ3v) is 2.96. The number of amides is 1. The normalized spacial score (nSPS) is 15.7. The molecule has 1 amide bonds. The minimum absolute atomic E-state index is 0.208. The van der Waals surface area contributed by atoms with E-state index in [1.54, 1.807) is 6.20 Å². The van der Waals surface area contributed by atoms with Gasteiger partial charge in [-0.2, -0.15) is 5.10 Å². The molecule has 1 N–H and O–H groups in total. The molecule has 1 saturated heterocycles. The van der Waals surface area contributed by atoms with Crippen molar-refractivity contribution < 1.29 is 4.79 Å². The van der Waals surface area contributed by atoms with Crippen LogP contribution in [0.5, 0.6) is 0 Å². The number of hydrogen-bond donors (Lipinski definition) is 1. The molecule has 0 unspecified atom stereocenters. The van der Waals surface area contributed by atoms with Crippen LogP contribution in [-0.2, 0) is 18.4 Å². The number of carbonyl (C=O) groups excluding carboxylic acids is 1. The van der Waals surface area contributed by atoms with Crippen LogP contribution >= 0.6 is 0 Å². The summed E-state index contributed by atoms with van der Waals surface area (Å²) in [7, 11) is 1.90. The third-order valence-electron chi connectivity index (χ3n) is 2.96. The maximum absolute atomic E-state index is 11.7. The largest absolute Gasteiger partial charge is 0.342 e. The van der Waals surface area contributed by atoms with Gasteiger partial charge < -0.3 is 10.2 Å². The Morgan fingerprint density at radius 3 is 2.88 bits per heavy atom. The smallest absolute Gasteiger partial charge is 0.236 e. The summed E-state index contributed by atoms with van der Waals surface area (Å²) in [4.78, 5) is 13.6. The third kappa shape index (κ3) is 2.61. The number of hydrogen-bond acceptors (Lipinski definition) is 3. The van der Waals surface area contributed by atoms with Crippen LogP contribution in [0.15, 0.2) is 12.3 Å². The van der Waals surface area contributed by atoms with Crippen LogP contribution in [0.25, 0.3) is 0 Å². The number of likely N-dealkylation sites (tertiary alicyclic amines) is 1. The molecule has 0 bridgehead atoms. The molecule has 1 aromatic rings. The van der Waals surface area contributed by atoms with Gasteiger partial charge in [-0.15, -0.1) is 0 Å². The lowest BCUT2D eigenvalue weighted by molar-refractivity contribution is -0.129. The molecule has 0 atom stereocenters. The first-order chi connectivity index (χ1) is 7.77. The molecule has 2 rings (SSSR count). The molecular weight excluding hydrogens is 204 g/mol. The van der Waals surface area contributed by atoms with Crippen LogP contribution in [0.2, 0.25) is 0 Å². The molecule has 0 aliphatic carbocycles. The topological polar surface area (TPSA) is 50.2 Å². The summed E-state index contributed by atoms with van der Waals surface area (Å²) in [5, 5.41) is 7.23. The SMILES string of the molecule is Cn1nccc1CNCC(=O)N1CCCC1. The highest BCUT2D eigenvalue weighted by Crippen LogP contribution is 2.06. The monoisotopic (exact) mass is 222 g/mol. The van der Waals surface area contributed by atoms with Gasteiger partial charge in [-0.25, -0.2) is 0 Å². The first-order valence-electron chi connectivity index (χ1n) is 5.73. The molecule has 0 aromatic carbocycles. The molecule has 0 saturated carbocycles. The Kier molecular flexibility index (Phi) is 3.56. The summed E-state index contributed by atoms with van der Waals surface area (Å²) in [5.74, 6) is 0.208. The molecule has 2 heterocycles. The van der Waals surface area contributed by atoms with Crippen molar-refractivity contribution in [2.24, 2.45) is 7.05 Å². The van der Waals surface area contributed by atoms with Gasteiger partial charge >= 0.3 is 0 Å². The van der Waals surface area contributed by atoms with Gasteiger partial charge in [0.25, 0.3) is 0 Å². The molecule has 0 spiro atoms. The zero-order chi connectivity index (χ0) is 11.4. The zero-order valence-corrected chi connectivity index (χ0v) is 9.65. The molecule has 1 fully saturated rings. The van der Waals surface area contributed by atoms with Crippen LogP contribution < -0.4 is 5.32 Å². The Balaban J connectivity index is 1.71. The van der Waals surface area contributed by atoms with Gasteiger partial charge in [0.05, 0.1) is 12.2 Å². The molecular formula is C11H18N4O. The molecule has 1 aliphatic heterocycles. The Hall–Kier alpha value is -1.36. The average Bonchev–Trinajstić information content (AvgIpc) is 2.90. The maximum atomic E-state index is 11.7. The lowest BCUT2D eigenvalue weighted by Gasteiger charge is -2.15. The maximum Gasteiger partial charge on any atom is 0.236 e. The quantitative estimate of drug-likeness (QED) is 0.788. The van der Waals surface area contributed by atoms with Gasteiger partial charge in [0.15, 0.2) is 0 Å². The lowest BCUT2D eigenvalue weighted by atomic mass is 10.4. The minimum Gasteiger partial charge on any atom is -0.342 e. The molecule has 16 heavy (non-hydrogen) atoms. The summed E-state index contributed by atoms with van der Waals surface area (Å²) >= 11 is 0. The number of aromatic nitrogens is 2. The molecule has 0 radical (unpaired) electrons. The van der Waals surface area contributed by atoms with Crippen molar-refractivity contribution >= 4 is 5.91 Å². The van der Waals surface area contributed by atoms with Crippen LogP contribution in [0.4, 0.5) is 0 Å². The van der Waals surface area contributed by atoms with E-state index in [-0.39, 0.29) is 5.91 Å². The molecule has 5 heteroatoms. The highest BCUT2D eigenvalue weighted by atomic mass is 16.2. The van der Waals surface area contributed by atoms with Crippen molar-refractivity contribution in [2.45, 2.75) is 19.4 Å². The number of rotatable bonds is 4. The number of nitrogens with zero attached hydrogens (tertiary/aromatic N) is 3. The Morgan fingerprint density at radius 1 is 1.50 bits per heavy atom. The van der Waals surface area contributed by atoms with E-state index in [1.165, 1.54) is 0 Å². The van der Waals surface area contributed by atoms with Gasteiger partial charge in [-0.05, 0) is 18.9 Å².